The normalized spacial score (nSPS) is 16.6. The summed E-state index contributed by atoms with van der Waals surface area (Å²) >= 11 is 0. The number of pyridine rings is 1. The number of nitrogens with two attached hydrogens (primary N) is 1. The fourth-order valence-electron chi connectivity index (χ4n) is 7.32. The number of aryl methyl sites for hydroxylation is 2. The van der Waals surface area contributed by atoms with E-state index in [9.17, 15) is 15.0 Å². The van der Waals surface area contributed by atoms with Gasteiger partial charge in [-0.2, -0.15) is 0 Å². The molecule has 3 aromatic heterocycles. The predicted octanol–water partition coefficient (Wildman–Crippen LogP) is 6.56. The molecule has 2 fully saturated rings. The number of nitrogens with one attached hydrogen (secondary N) is 1. The van der Waals surface area contributed by atoms with Gasteiger partial charge in [0.25, 0.3) is 5.91 Å². The third-order valence-electron chi connectivity index (χ3n) is 10.2. The van der Waals surface area contributed by atoms with E-state index in [1.165, 1.54) is 0 Å². The Bertz CT molecular complexity index is 2550. The lowest BCUT2D eigenvalue weighted by Crippen LogP contribution is -2.37. The van der Waals surface area contributed by atoms with E-state index in [1.807, 2.05) is 56.3 Å². The summed E-state index contributed by atoms with van der Waals surface area (Å²) in [6.07, 6.45) is 5.01. The summed E-state index contributed by atoms with van der Waals surface area (Å²) in [6.45, 7) is 7.17. The molecule has 0 saturated carbocycles. The summed E-state index contributed by atoms with van der Waals surface area (Å²) in [7, 11) is 0. The highest BCUT2D eigenvalue weighted by atomic mass is 16.3. The topological polar surface area (TPSA) is 167 Å². The lowest BCUT2D eigenvalue weighted by molar-refractivity contribution is 0.0940. The number of amides is 1. The van der Waals surface area contributed by atoms with Crippen molar-refractivity contribution in [2.75, 3.05) is 36.0 Å². The second-order valence-corrected chi connectivity index (χ2v) is 14.5. The number of para-hydroxylation sites is 2. The average molecular weight is 746 g/mol. The lowest BCUT2D eigenvalue weighted by atomic mass is 10.1. The van der Waals surface area contributed by atoms with Crippen molar-refractivity contribution in [1.29, 1.82) is 0 Å². The first kappa shape index (κ1) is 36.3. The Labute approximate surface area is 324 Å². The number of carbonyl (C=O) groups is 1. The van der Waals surface area contributed by atoms with E-state index in [0.29, 0.717) is 34.9 Å². The van der Waals surface area contributed by atoms with E-state index < -0.39 is 0 Å². The van der Waals surface area contributed by atoms with Gasteiger partial charge in [-0.1, -0.05) is 36.4 Å². The molecule has 5 heterocycles. The number of aromatic nitrogens is 5. The van der Waals surface area contributed by atoms with Crippen LogP contribution in [-0.2, 0) is 0 Å². The number of nitrogens with zero attached hydrogens (tertiary/aromatic N) is 7. The van der Waals surface area contributed by atoms with Crippen molar-refractivity contribution >= 4 is 39.3 Å². The molecule has 12 nitrogen and oxygen atoms in total. The Kier molecular flexibility index (Phi) is 10.1. The van der Waals surface area contributed by atoms with Gasteiger partial charge in [0.2, 0.25) is 0 Å². The molecule has 4 aromatic carbocycles. The zero-order chi connectivity index (χ0) is 38.8. The highest BCUT2D eigenvalue weighted by Gasteiger charge is 2.28. The van der Waals surface area contributed by atoms with Gasteiger partial charge in [0, 0.05) is 67.0 Å². The van der Waals surface area contributed by atoms with Crippen LogP contribution in [-0.4, -0.2) is 79.3 Å². The lowest BCUT2D eigenvalue weighted by Gasteiger charge is -2.21. The molecule has 0 spiro atoms. The summed E-state index contributed by atoms with van der Waals surface area (Å²) in [5.74, 6) is 2.97. The standard InChI is InChI=1S/C25H23N5O2.C19H20N4O/c1-16-6-7-19-21(14-16)28-23(20-4-2-3-5-22(20)31)29-24(19)30-13-10-18(15-30)27-25(32)17-8-11-26-12-9-17;1-12-6-7-14-16(10-12)21-18(15-4-2-3-5-17(15)24)22-19(14)23-9-8-13(20)11-23/h2-9,11-12,14,18,31H,10,13,15H2,1H3,(H,27,32);2-7,10,13,24H,8-9,11,20H2,1H3/t18-;13-/m11/s1. The molecule has 2 aliphatic heterocycles. The molecule has 2 atom stereocenters. The summed E-state index contributed by atoms with van der Waals surface area (Å²) in [5, 5.41) is 25.6. The van der Waals surface area contributed by atoms with Crippen molar-refractivity contribution in [3.8, 4) is 34.3 Å². The quantitative estimate of drug-likeness (QED) is 0.146. The summed E-state index contributed by atoms with van der Waals surface area (Å²) in [4.78, 5) is 40.0. The van der Waals surface area contributed by atoms with Crippen LogP contribution < -0.4 is 20.9 Å². The van der Waals surface area contributed by atoms with Crippen LogP contribution >= 0.6 is 0 Å². The summed E-state index contributed by atoms with van der Waals surface area (Å²) in [5.41, 5.74) is 11.9. The Morgan fingerprint density at radius 2 is 1.20 bits per heavy atom. The predicted molar refractivity (Wildman–Crippen MR) is 220 cm³/mol. The SMILES string of the molecule is Cc1ccc2c(N3CC[C@@H](N)C3)nc(-c3ccccc3O)nc2c1.Cc1ccc2c(N3CC[C@@H](NC(=O)c4ccncc4)C3)nc(-c3ccccc3O)nc2c1. The minimum atomic E-state index is -0.0997. The van der Waals surface area contributed by atoms with Crippen LogP contribution in [0.1, 0.15) is 34.3 Å². The van der Waals surface area contributed by atoms with E-state index in [2.05, 4.69) is 43.3 Å². The Morgan fingerprint density at radius 3 is 1.71 bits per heavy atom. The molecule has 56 heavy (non-hydrogen) atoms. The highest BCUT2D eigenvalue weighted by Crippen LogP contribution is 2.35. The second-order valence-electron chi connectivity index (χ2n) is 14.5. The van der Waals surface area contributed by atoms with Crippen LogP contribution in [0.4, 0.5) is 11.6 Å². The second kappa shape index (κ2) is 15.6. The smallest absolute Gasteiger partial charge is 0.251 e. The summed E-state index contributed by atoms with van der Waals surface area (Å²) in [6, 6.07) is 30.2. The molecule has 5 N–H and O–H groups in total. The molecule has 0 unspecified atom stereocenters. The van der Waals surface area contributed by atoms with Gasteiger partial charge in [0.15, 0.2) is 11.6 Å². The Balaban J connectivity index is 0.000000164. The van der Waals surface area contributed by atoms with Crippen LogP contribution in [0.15, 0.2) is 109 Å². The molecule has 0 aliphatic carbocycles. The molecule has 7 aromatic rings. The Hall–Kier alpha value is -6.66. The number of anilines is 2. The van der Waals surface area contributed by atoms with Crippen molar-refractivity contribution < 1.29 is 15.0 Å². The van der Waals surface area contributed by atoms with Crippen molar-refractivity contribution in [3.63, 3.8) is 0 Å². The third kappa shape index (κ3) is 7.64. The molecule has 0 bridgehead atoms. The molecule has 2 saturated heterocycles. The number of fused-ring (bicyclic) bond motifs is 2. The molecule has 9 rings (SSSR count). The highest BCUT2D eigenvalue weighted by molar-refractivity contribution is 5.95. The van der Waals surface area contributed by atoms with Crippen LogP contribution in [0.5, 0.6) is 11.5 Å². The van der Waals surface area contributed by atoms with Crippen LogP contribution in [0, 0.1) is 13.8 Å². The zero-order valence-corrected chi connectivity index (χ0v) is 31.3. The fraction of sp³-hybridized carbons (Fsp3) is 0.227. The number of rotatable bonds is 6. The number of aromatic hydroxyl groups is 2. The number of phenols is 2. The molecule has 282 valence electrons. The zero-order valence-electron chi connectivity index (χ0n) is 31.3. The average Bonchev–Trinajstić information content (AvgIpc) is 3.86. The first-order chi connectivity index (χ1) is 27.2. The van der Waals surface area contributed by atoms with E-state index in [4.69, 9.17) is 20.7 Å². The maximum absolute atomic E-state index is 12.6. The van der Waals surface area contributed by atoms with Gasteiger partial charge in [-0.25, -0.2) is 19.9 Å². The Morgan fingerprint density at radius 1 is 0.679 bits per heavy atom. The van der Waals surface area contributed by atoms with E-state index in [0.717, 1.165) is 77.0 Å². The van der Waals surface area contributed by atoms with Crippen molar-refractivity contribution in [3.05, 3.63) is 126 Å². The first-order valence-electron chi connectivity index (χ1n) is 18.8. The van der Waals surface area contributed by atoms with Crippen LogP contribution in [0.2, 0.25) is 0 Å². The molecule has 2 aliphatic rings. The van der Waals surface area contributed by atoms with Gasteiger partial charge in [-0.15, -0.1) is 0 Å². The molecule has 1 amide bonds. The van der Waals surface area contributed by atoms with Crippen LogP contribution in [0.3, 0.4) is 0 Å². The number of carbonyl (C=O) groups excluding carboxylic acids is 1. The van der Waals surface area contributed by atoms with E-state index in [1.54, 1.807) is 48.8 Å². The molecular formula is C44H43N9O3. The number of benzene rings is 4. The van der Waals surface area contributed by atoms with Gasteiger partial charge in [0.1, 0.15) is 23.1 Å². The van der Waals surface area contributed by atoms with Gasteiger partial charge >= 0.3 is 0 Å². The van der Waals surface area contributed by atoms with Gasteiger partial charge in [-0.05, 0) is 98.5 Å². The van der Waals surface area contributed by atoms with Gasteiger partial charge in [0.05, 0.1) is 22.2 Å². The van der Waals surface area contributed by atoms with Gasteiger partial charge < -0.3 is 31.1 Å². The van der Waals surface area contributed by atoms with Crippen molar-refractivity contribution in [2.45, 2.75) is 38.8 Å². The minimum Gasteiger partial charge on any atom is -0.507 e. The maximum atomic E-state index is 12.6. The number of hydrogen-bond acceptors (Lipinski definition) is 11. The minimum absolute atomic E-state index is 0.0136. The van der Waals surface area contributed by atoms with E-state index >= 15 is 0 Å². The first-order valence-corrected chi connectivity index (χ1v) is 18.8. The third-order valence-corrected chi connectivity index (χ3v) is 10.2. The van der Waals surface area contributed by atoms with Crippen molar-refractivity contribution in [1.82, 2.24) is 30.2 Å². The summed E-state index contributed by atoms with van der Waals surface area (Å²) < 4.78 is 0. The fourth-order valence-corrected chi connectivity index (χ4v) is 7.32. The number of hydrogen-bond donors (Lipinski definition) is 4. The van der Waals surface area contributed by atoms with Gasteiger partial charge in [-0.3, -0.25) is 9.78 Å². The number of phenolic OH excluding ortho intramolecular Hbond substituents is 2. The largest absolute Gasteiger partial charge is 0.507 e. The monoisotopic (exact) mass is 745 g/mol. The van der Waals surface area contributed by atoms with E-state index in [-0.39, 0.29) is 29.5 Å². The van der Waals surface area contributed by atoms with Crippen LogP contribution in [0.25, 0.3) is 44.6 Å². The molecule has 0 radical (unpaired) electrons. The van der Waals surface area contributed by atoms with Crippen molar-refractivity contribution in [2.24, 2.45) is 5.73 Å². The molecule has 12 heteroatoms. The molecular weight excluding hydrogens is 703 g/mol. The maximum Gasteiger partial charge on any atom is 0.251 e.